The largest absolute Gasteiger partial charge is 0.472 e. The Bertz CT molecular complexity index is 2630. The Labute approximate surface area is 642 Å². The molecule has 0 bridgehead atoms. The van der Waals surface area contributed by atoms with Crippen LogP contribution < -0.4 is 0 Å². The van der Waals surface area contributed by atoms with Crippen LogP contribution >= 0.6 is 15.6 Å². The normalized spacial score (nSPS) is 14.7. The fraction of sp³-hybridized carbons (Fsp3) is 0.655. The van der Waals surface area contributed by atoms with Gasteiger partial charge in [-0.3, -0.25) is 37.3 Å². The maximum absolute atomic E-state index is 13.1. The number of unbranched alkanes of at least 4 members (excludes halogenated alkanes) is 23. The zero-order valence-corrected chi connectivity index (χ0v) is 67.8. The van der Waals surface area contributed by atoms with Gasteiger partial charge in [-0.05, 0) is 161 Å². The highest BCUT2D eigenvalue weighted by atomic mass is 31.2. The summed E-state index contributed by atoms with van der Waals surface area (Å²) >= 11 is 0. The number of hydrogen-bond donors (Lipinski definition) is 3. The smallest absolute Gasteiger partial charge is 0.462 e. The van der Waals surface area contributed by atoms with Gasteiger partial charge in [-0.25, -0.2) is 9.13 Å². The van der Waals surface area contributed by atoms with E-state index in [0.29, 0.717) is 38.5 Å². The fourth-order valence-electron chi connectivity index (χ4n) is 10.3. The molecular formula is C87H144O17P2. The zero-order chi connectivity index (χ0) is 77.4. The predicted molar refractivity (Wildman–Crippen MR) is 436 cm³/mol. The van der Waals surface area contributed by atoms with Crippen molar-refractivity contribution in [2.45, 2.75) is 329 Å². The minimum absolute atomic E-state index is 0.00204. The third-order valence-electron chi connectivity index (χ3n) is 16.5. The van der Waals surface area contributed by atoms with E-state index in [1.807, 2.05) is 30.4 Å². The molecule has 106 heavy (non-hydrogen) atoms. The van der Waals surface area contributed by atoms with E-state index in [0.717, 1.165) is 141 Å². The number of rotatable bonds is 75. The number of carbonyl (C=O) groups is 4. The minimum atomic E-state index is -5.02. The Morgan fingerprint density at radius 1 is 0.274 bits per heavy atom. The van der Waals surface area contributed by atoms with Gasteiger partial charge in [-0.1, -0.05) is 282 Å². The molecule has 0 fully saturated rings. The molecule has 0 amide bonds. The lowest BCUT2D eigenvalue weighted by molar-refractivity contribution is -0.161. The Morgan fingerprint density at radius 3 is 0.868 bits per heavy atom. The van der Waals surface area contributed by atoms with Crippen LogP contribution in [0.2, 0.25) is 0 Å². The van der Waals surface area contributed by atoms with Crippen LogP contribution in [0.25, 0.3) is 0 Å². The molecule has 0 aliphatic carbocycles. The average molecular weight is 1520 g/mol. The number of hydrogen-bond acceptors (Lipinski definition) is 15. The van der Waals surface area contributed by atoms with Crippen LogP contribution in [0.15, 0.2) is 158 Å². The van der Waals surface area contributed by atoms with Gasteiger partial charge < -0.3 is 33.8 Å². The van der Waals surface area contributed by atoms with E-state index in [1.54, 1.807) is 0 Å². The Hall–Kier alpha value is -5.32. The molecule has 3 N–H and O–H groups in total. The number of aliphatic hydroxyl groups excluding tert-OH is 1. The van der Waals surface area contributed by atoms with E-state index in [1.165, 1.54) is 77.0 Å². The number of carbonyl (C=O) groups excluding carboxylic acids is 4. The van der Waals surface area contributed by atoms with Gasteiger partial charge in [0.05, 0.1) is 26.4 Å². The lowest BCUT2D eigenvalue weighted by Crippen LogP contribution is -2.30. The van der Waals surface area contributed by atoms with Crippen LogP contribution in [0.1, 0.15) is 310 Å². The monoisotopic (exact) mass is 1520 g/mol. The summed E-state index contributed by atoms with van der Waals surface area (Å²) in [5.74, 6) is -2.37. The van der Waals surface area contributed by atoms with Gasteiger partial charge in [0.1, 0.15) is 19.3 Å². The van der Waals surface area contributed by atoms with Crippen LogP contribution in [0.5, 0.6) is 0 Å². The molecule has 0 aromatic heterocycles. The lowest BCUT2D eigenvalue weighted by atomic mass is 10.1. The van der Waals surface area contributed by atoms with Crippen LogP contribution in [-0.2, 0) is 65.4 Å². The second-order valence-electron chi connectivity index (χ2n) is 26.6. The second-order valence-corrected chi connectivity index (χ2v) is 29.5. The molecule has 17 nitrogen and oxygen atoms in total. The summed E-state index contributed by atoms with van der Waals surface area (Å²) < 4.78 is 68.5. The van der Waals surface area contributed by atoms with E-state index in [-0.39, 0.29) is 25.7 Å². The predicted octanol–water partition coefficient (Wildman–Crippen LogP) is 24.0. The van der Waals surface area contributed by atoms with E-state index < -0.39 is 97.5 Å². The summed E-state index contributed by atoms with van der Waals surface area (Å²) in [6.07, 6.45) is 91.0. The van der Waals surface area contributed by atoms with Gasteiger partial charge in [0, 0.05) is 25.7 Å². The summed E-state index contributed by atoms with van der Waals surface area (Å²) in [5.41, 5.74) is 0. The third-order valence-corrected chi connectivity index (χ3v) is 18.4. The van der Waals surface area contributed by atoms with Crippen molar-refractivity contribution in [3.8, 4) is 0 Å². The third kappa shape index (κ3) is 76.9. The van der Waals surface area contributed by atoms with Crippen molar-refractivity contribution < 1.29 is 80.2 Å². The van der Waals surface area contributed by atoms with E-state index in [2.05, 4.69) is 155 Å². The number of phosphoric acid groups is 2. The lowest BCUT2D eigenvalue weighted by Gasteiger charge is -2.21. The first-order chi connectivity index (χ1) is 51.7. The van der Waals surface area contributed by atoms with Crippen molar-refractivity contribution in [3.05, 3.63) is 158 Å². The van der Waals surface area contributed by atoms with Gasteiger partial charge in [-0.2, -0.15) is 0 Å². The van der Waals surface area contributed by atoms with Gasteiger partial charge in [0.2, 0.25) is 0 Å². The molecule has 0 heterocycles. The van der Waals surface area contributed by atoms with Gasteiger partial charge in [-0.15, -0.1) is 0 Å². The SMILES string of the molecule is CCC=CCC=CCC=CCC=CCC=CCC=CCCC(=O)OC[C@H](COP(=O)(O)OCC(O)COP(=O)(O)OC[C@@H](COC(=O)CCCCCCCC=CCC=CCCCCC)OC(=O)CCCCCCCC=CCC=CCCCCC)OC(=O)CCCC=CCC=CCC=CCCCCCCCC. The summed E-state index contributed by atoms with van der Waals surface area (Å²) in [5, 5.41) is 10.6. The van der Waals surface area contributed by atoms with Gasteiger partial charge in [0.15, 0.2) is 12.2 Å². The highest BCUT2D eigenvalue weighted by Crippen LogP contribution is 2.45. The molecule has 0 aliphatic heterocycles. The molecule has 0 saturated heterocycles. The van der Waals surface area contributed by atoms with Crippen LogP contribution in [0.3, 0.4) is 0 Å². The van der Waals surface area contributed by atoms with Crippen molar-refractivity contribution >= 4 is 39.5 Å². The number of phosphoric ester groups is 2. The van der Waals surface area contributed by atoms with Crippen molar-refractivity contribution in [1.82, 2.24) is 0 Å². The van der Waals surface area contributed by atoms with Crippen LogP contribution in [0, 0.1) is 0 Å². The minimum Gasteiger partial charge on any atom is -0.462 e. The molecule has 0 saturated carbocycles. The average Bonchev–Trinajstić information content (AvgIpc) is 0.902. The molecule has 0 rings (SSSR count). The molecule has 0 aromatic rings. The van der Waals surface area contributed by atoms with Crippen molar-refractivity contribution in [2.75, 3.05) is 39.6 Å². The second kappa shape index (κ2) is 77.8. The molecule has 0 radical (unpaired) electrons. The first-order valence-electron chi connectivity index (χ1n) is 40.7. The molecular weight excluding hydrogens is 1380 g/mol. The van der Waals surface area contributed by atoms with Crippen molar-refractivity contribution in [3.63, 3.8) is 0 Å². The number of allylic oxidation sites excluding steroid dienone is 26. The highest BCUT2D eigenvalue weighted by molar-refractivity contribution is 7.47. The van der Waals surface area contributed by atoms with E-state index in [4.69, 9.17) is 37.0 Å². The number of ether oxygens (including phenoxy) is 4. The van der Waals surface area contributed by atoms with Gasteiger partial charge in [0.25, 0.3) is 0 Å². The van der Waals surface area contributed by atoms with Crippen molar-refractivity contribution in [1.29, 1.82) is 0 Å². The molecule has 0 spiro atoms. The Morgan fingerprint density at radius 2 is 0.519 bits per heavy atom. The molecule has 0 aliphatic rings. The topological polar surface area (TPSA) is 237 Å². The molecule has 5 atom stereocenters. The maximum atomic E-state index is 13.1. The van der Waals surface area contributed by atoms with Crippen LogP contribution in [-0.4, -0.2) is 96.7 Å². The maximum Gasteiger partial charge on any atom is 0.472 e. The Balaban J connectivity index is 5.51. The van der Waals surface area contributed by atoms with Crippen molar-refractivity contribution in [2.24, 2.45) is 0 Å². The Kier molecular flexibility index (Phi) is 73.9. The number of aliphatic hydroxyl groups is 1. The highest BCUT2D eigenvalue weighted by Gasteiger charge is 2.30. The first kappa shape index (κ1) is 101. The number of esters is 4. The van der Waals surface area contributed by atoms with E-state index >= 15 is 0 Å². The summed E-state index contributed by atoms with van der Waals surface area (Å²) in [7, 11) is -10.0. The molecule has 3 unspecified atom stereocenters. The molecule has 604 valence electrons. The molecule has 19 heteroatoms. The molecule has 0 aromatic carbocycles. The van der Waals surface area contributed by atoms with E-state index in [9.17, 15) is 43.2 Å². The fourth-order valence-corrected chi connectivity index (χ4v) is 11.8. The standard InChI is InChI=1S/C87H144O17P2/c1-5-9-13-17-21-25-29-33-37-39-40-42-45-48-52-56-60-64-68-72-85(90)98-78-83(104-87(92)74-70-66-62-58-54-50-46-41-38-34-30-26-22-18-14-10-6-2)80-102-106(95,96)100-76-81(88)75-99-105(93,94)101-79-82(103-86(91)73-69-65-61-57-53-49-44-36-32-28-24-20-16-12-8-4)77-97-84(89)71-67-63-59-55-51-47-43-35-31-27-23-19-15-11-7-3/h9,13,21,23-25,27-28,33-38,40,42-44,46,48,50,52,58,60,62,64,81-83,88H,5-8,10-12,14-20,22,26,29-32,39,41,45,47,49,51,53-57,59,61,63,65-80H2,1-4H3,(H,93,94)(H,95,96)/t81?,82-,83-/m1/s1. The van der Waals surface area contributed by atoms with Crippen LogP contribution in [0.4, 0.5) is 0 Å². The summed E-state index contributed by atoms with van der Waals surface area (Å²) in [4.78, 5) is 73.0. The summed E-state index contributed by atoms with van der Waals surface area (Å²) in [6, 6.07) is 0. The first-order valence-corrected chi connectivity index (χ1v) is 43.7. The van der Waals surface area contributed by atoms with Gasteiger partial charge >= 0.3 is 39.5 Å². The quantitative estimate of drug-likeness (QED) is 0.0169. The zero-order valence-electron chi connectivity index (χ0n) is 66.1. The summed E-state index contributed by atoms with van der Waals surface area (Å²) in [6.45, 7) is 4.53.